The molecule has 0 bridgehead atoms. The fourth-order valence-electron chi connectivity index (χ4n) is 3.52. The summed E-state index contributed by atoms with van der Waals surface area (Å²) in [6.45, 7) is 2.54. The highest BCUT2D eigenvalue weighted by Gasteiger charge is 2.30. The fraction of sp³-hybridized carbons (Fsp3) is 0.409. The Kier molecular flexibility index (Phi) is 7.41. The number of ether oxygens (including phenoxy) is 2. The Balaban J connectivity index is 1.75. The van der Waals surface area contributed by atoms with Gasteiger partial charge in [-0.05, 0) is 71.6 Å². The molecule has 1 N–H and O–H groups in total. The Hall–Kier alpha value is -2.06. The number of anilines is 1. The normalized spacial score (nSPS) is 14.5. The number of hydrogen-bond donors (Lipinski definition) is 1. The van der Waals surface area contributed by atoms with Gasteiger partial charge in [0.1, 0.15) is 0 Å². The molecule has 30 heavy (non-hydrogen) atoms. The van der Waals surface area contributed by atoms with Crippen LogP contribution in [0.5, 0.6) is 11.5 Å². The van der Waals surface area contributed by atoms with Crippen LogP contribution in [0.1, 0.15) is 49.4 Å². The van der Waals surface area contributed by atoms with Crippen molar-refractivity contribution in [3.63, 3.8) is 0 Å². The third-order valence-corrected chi connectivity index (χ3v) is 7.99. The van der Waals surface area contributed by atoms with E-state index in [4.69, 9.17) is 9.47 Å². The van der Waals surface area contributed by atoms with Gasteiger partial charge in [-0.15, -0.1) is 0 Å². The van der Waals surface area contributed by atoms with Crippen LogP contribution in [-0.2, 0) is 9.84 Å². The van der Waals surface area contributed by atoms with Gasteiger partial charge in [-0.1, -0.05) is 19.8 Å². The van der Waals surface area contributed by atoms with E-state index in [9.17, 15) is 13.2 Å². The lowest BCUT2D eigenvalue weighted by Gasteiger charge is -2.14. The van der Waals surface area contributed by atoms with Gasteiger partial charge in [0.05, 0.1) is 28.3 Å². The molecule has 0 aliphatic heterocycles. The number of rotatable bonds is 8. The van der Waals surface area contributed by atoms with Gasteiger partial charge in [0.15, 0.2) is 21.3 Å². The van der Waals surface area contributed by atoms with Gasteiger partial charge in [-0.2, -0.15) is 0 Å². The van der Waals surface area contributed by atoms with Crippen LogP contribution in [0.2, 0.25) is 0 Å². The summed E-state index contributed by atoms with van der Waals surface area (Å²) in [5, 5.41) is 2.50. The molecule has 0 radical (unpaired) electrons. The van der Waals surface area contributed by atoms with Gasteiger partial charge in [-0.3, -0.25) is 4.79 Å². The zero-order valence-electron chi connectivity index (χ0n) is 17.1. The predicted molar refractivity (Wildman–Crippen MR) is 120 cm³/mol. The number of methoxy groups -OCH3 is 1. The molecular formula is C22H26BrNO5S. The van der Waals surface area contributed by atoms with Crippen LogP contribution >= 0.6 is 15.9 Å². The van der Waals surface area contributed by atoms with E-state index in [0.717, 1.165) is 32.1 Å². The van der Waals surface area contributed by atoms with E-state index in [1.54, 1.807) is 36.4 Å². The molecule has 6 nitrogen and oxygen atoms in total. The van der Waals surface area contributed by atoms with Crippen LogP contribution in [0.15, 0.2) is 45.8 Å². The molecule has 0 spiro atoms. The van der Waals surface area contributed by atoms with Crippen molar-refractivity contribution in [2.45, 2.75) is 49.2 Å². The minimum atomic E-state index is -3.31. The molecule has 8 heteroatoms. The first-order valence-corrected chi connectivity index (χ1v) is 12.4. The van der Waals surface area contributed by atoms with Gasteiger partial charge >= 0.3 is 0 Å². The lowest BCUT2D eigenvalue weighted by molar-refractivity contribution is 0.102. The molecule has 0 saturated heterocycles. The van der Waals surface area contributed by atoms with E-state index in [-0.39, 0.29) is 11.2 Å². The molecular weight excluding hydrogens is 470 g/mol. The Labute approximate surface area is 186 Å². The van der Waals surface area contributed by atoms with Crippen molar-refractivity contribution in [3.05, 3.63) is 46.4 Å². The molecule has 162 valence electrons. The van der Waals surface area contributed by atoms with Crippen molar-refractivity contribution in [3.8, 4) is 11.5 Å². The highest BCUT2D eigenvalue weighted by Crippen LogP contribution is 2.37. The number of amides is 1. The van der Waals surface area contributed by atoms with E-state index in [1.165, 1.54) is 7.11 Å². The lowest BCUT2D eigenvalue weighted by Crippen LogP contribution is -2.18. The van der Waals surface area contributed by atoms with Crippen LogP contribution in [-0.4, -0.2) is 33.3 Å². The Morgan fingerprint density at radius 1 is 1.17 bits per heavy atom. The molecule has 2 aromatic carbocycles. The fourth-order valence-corrected chi connectivity index (χ4v) is 5.93. The van der Waals surface area contributed by atoms with E-state index in [2.05, 4.69) is 21.2 Å². The standard InChI is InChI=1S/C22H26BrNO5S/c1-3-12-29-21-19(23)13-15(14-20(21)28-2)22(25)24-16-8-10-18(11-9-16)30(26,27)17-6-4-5-7-17/h8-11,13-14,17H,3-7,12H2,1-2H3,(H,24,25). The van der Waals surface area contributed by atoms with Crippen molar-refractivity contribution in [1.29, 1.82) is 0 Å². The quantitative estimate of drug-likeness (QED) is 0.542. The van der Waals surface area contributed by atoms with Gasteiger partial charge < -0.3 is 14.8 Å². The number of sulfone groups is 1. The first kappa shape index (κ1) is 22.6. The summed E-state index contributed by atoms with van der Waals surface area (Å²) in [6.07, 6.45) is 4.20. The van der Waals surface area contributed by atoms with E-state index in [1.807, 2.05) is 6.92 Å². The summed E-state index contributed by atoms with van der Waals surface area (Å²) >= 11 is 3.43. The third-order valence-electron chi connectivity index (χ3n) is 5.12. The molecule has 3 rings (SSSR count). The van der Waals surface area contributed by atoms with Crippen molar-refractivity contribution < 1.29 is 22.7 Å². The third kappa shape index (κ3) is 4.98. The first-order valence-electron chi connectivity index (χ1n) is 10.0. The van der Waals surface area contributed by atoms with Gasteiger partial charge in [0, 0.05) is 11.3 Å². The first-order chi connectivity index (χ1) is 14.4. The second-order valence-electron chi connectivity index (χ2n) is 7.27. The maximum Gasteiger partial charge on any atom is 0.255 e. The molecule has 0 aromatic heterocycles. The SMILES string of the molecule is CCCOc1c(Br)cc(C(=O)Nc2ccc(S(=O)(=O)C3CCCC3)cc2)cc1OC. The smallest absolute Gasteiger partial charge is 0.255 e. The number of benzene rings is 2. The van der Waals surface area contributed by atoms with Crippen LogP contribution in [0, 0.1) is 0 Å². The number of halogens is 1. The zero-order chi connectivity index (χ0) is 21.7. The lowest BCUT2D eigenvalue weighted by atomic mass is 10.1. The summed E-state index contributed by atoms with van der Waals surface area (Å²) in [5.74, 6) is 0.681. The largest absolute Gasteiger partial charge is 0.493 e. The average molecular weight is 496 g/mol. The summed E-state index contributed by atoms with van der Waals surface area (Å²) in [4.78, 5) is 13.0. The molecule has 1 amide bonds. The van der Waals surface area contributed by atoms with Crippen LogP contribution in [0.25, 0.3) is 0 Å². The van der Waals surface area contributed by atoms with Gasteiger partial charge in [0.2, 0.25) is 0 Å². The maximum atomic E-state index is 12.7. The average Bonchev–Trinajstić information content (AvgIpc) is 3.28. The number of hydrogen-bond acceptors (Lipinski definition) is 5. The molecule has 1 saturated carbocycles. The van der Waals surface area contributed by atoms with Crippen LogP contribution < -0.4 is 14.8 Å². The molecule has 0 unspecified atom stereocenters. The second kappa shape index (κ2) is 9.83. The minimum absolute atomic E-state index is 0.295. The highest BCUT2D eigenvalue weighted by atomic mass is 79.9. The predicted octanol–water partition coefficient (Wildman–Crippen LogP) is 5.22. The Bertz CT molecular complexity index is 999. The number of carbonyl (C=O) groups excluding carboxylic acids is 1. The van der Waals surface area contributed by atoms with Crippen LogP contribution in [0.4, 0.5) is 5.69 Å². The summed E-state index contributed by atoms with van der Waals surface area (Å²) in [5.41, 5.74) is 0.914. The minimum Gasteiger partial charge on any atom is -0.493 e. The molecule has 1 fully saturated rings. The summed E-state index contributed by atoms with van der Waals surface area (Å²) in [6, 6.07) is 9.63. The van der Waals surface area contributed by atoms with Crippen molar-refractivity contribution in [1.82, 2.24) is 0 Å². The summed E-state index contributed by atoms with van der Waals surface area (Å²) < 4.78 is 37.0. The van der Waals surface area contributed by atoms with Crippen molar-refractivity contribution in [2.24, 2.45) is 0 Å². The van der Waals surface area contributed by atoms with Gasteiger partial charge in [-0.25, -0.2) is 8.42 Å². The van der Waals surface area contributed by atoms with E-state index >= 15 is 0 Å². The monoisotopic (exact) mass is 495 g/mol. The number of carbonyl (C=O) groups is 1. The maximum absolute atomic E-state index is 12.7. The Morgan fingerprint density at radius 3 is 2.43 bits per heavy atom. The van der Waals surface area contributed by atoms with Crippen molar-refractivity contribution in [2.75, 3.05) is 19.0 Å². The highest BCUT2D eigenvalue weighted by molar-refractivity contribution is 9.10. The second-order valence-corrected chi connectivity index (χ2v) is 10.4. The summed E-state index contributed by atoms with van der Waals surface area (Å²) in [7, 11) is -1.79. The van der Waals surface area contributed by atoms with Crippen LogP contribution in [0.3, 0.4) is 0 Å². The van der Waals surface area contributed by atoms with E-state index < -0.39 is 9.84 Å². The molecule has 1 aliphatic rings. The molecule has 2 aromatic rings. The van der Waals surface area contributed by atoms with Gasteiger partial charge in [0.25, 0.3) is 5.91 Å². The van der Waals surface area contributed by atoms with Crippen molar-refractivity contribution >= 4 is 37.4 Å². The van der Waals surface area contributed by atoms with E-state index in [0.29, 0.717) is 38.7 Å². The number of nitrogens with one attached hydrogen (secondary N) is 1. The molecule has 0 heterocycles. The topological polar surface area (TPSA) is 81.7 Å². The molecule has 1 aliphatic carbocycles. The Morgan fingerprint density at radius 2 is 1.83 bits per heavy atom. The zero-order valence-corrected chi connectivity index (χ0v) is 19.5. The molecule has 0 atom stereocenters.